The van der Waals surface area contributed by atoms with Gasteiger partial charge in [0, 0.05) is 25.2 Å². The second-order valence-corrected chi connectivity index (χ2v) is 4.89. The lowest BCUT2D eigenvalue weighted by Gasteiger charge is -2.25. The van der Waals surface area contributed by atoms with E-state index in [0.717, 1.165) is 17.7 Å². The van der Waals surface area contributed by atoms with Crippen LogP contribution in [-0.2, 0) is 30.4 Å². The van der Waals surface area contributed by atoms with E-state index in [-0.39, 0.29) is 6.42 Å². The SMILES string of the molecule is O=C1C=CC(=O)OC2(CCN(Cc3ccccc3)C2=O)O1. The van der Waals surface area contributed by atoms with Crippen molar-refractivity contribution in [1.29, 1.82) is 0 Å². The average molecular weight is 287 g/mol. The summed E-state index contributed by atoms with van der Waals surface area (Å²) in [5.74, 6) is -3.82. The van der Waals surface area contributed by atoms with Crippen molar-refractivity contribution in [2.75, 3.05) is 6.54 Å². The quantitative estimate of drug-likeness (QED) is 0.751. The Labute approximate surface area is 120 Å². The number of carbonyl (C=O) groups excluding carboxylic acids is 3. The average Bonchev–Trinajstić information content (AvgIpc) is 2.67. The second kappa shape index (κ2) is 5.05. The van der Waals surface area contributed by atoms with Gasteiger partial charge in [-0.3, -0.25) is 4.79 Å². The number of nitrogens with zero attached hydrogens (tertiary/aromatic N) is 1. The van der Waals surface area contributed by atoms with Crippen LogP contribution in [0.3, 0.4) is 0 Å². The van der Waals surface area contributed by atoms with E-state index in [4.69, 9.17) is 9.47 Å². The Hall–Kier alpha value is -2.63. The van der Waals surface area contributed by atoms with Crippen molar-refractivity contribution in [1.82, 2.24) is 4.90 Å². The molecule has 0 radical (unpaired) electrons. The Bertz CT molecular complexity index is 602. The monoisotopic (exact) mass is 287 g/mol. The van der Waals surface area contributed by atoms with Crippen LogP contribution in [0, 0.1) is 0 Å². The highest BCUT2D eigenvalue weighted by Crippen LogP contribution is 2.31. The molecule has 0 saturated carbocycles. The first kappa shape index (κ1) is 13.4. The zero-order valence-corrected chi connectivity index (χ0v) is 11.2. The lowest BCUT2D eigenvalue weighted by atomic mass is 10.2. The summed E-state index contributed by atoms with van der Waals surface area (Å²) < 4.78 is 10.1. The number of esters is 2. The molecule has 1 aromatic carbocycles. The first-order valence-electron chi connectivity index (χ1n) is 6.56. The first-order chi connectivity index (χ1) is 10.1. The number of likely N-dealkylation sites (tertiary alicyclic amines) is 1. The third kappa shape index (κ3) is 2.52. The molecule has 1 amide bonds. The zero-order valence-electron chi connectivity index (χ0n) is 11.2. The van der Waals surface area contributed by atoms with Crippen LogP contribution >= 0.6 is 0 Å². The van der Waals surface area contributed by atoms with Crippen LogP contribution in [0.2, 0.25) is 0 Å². The maximum absolute atomic E-state index is 12.5. The Morgan fingerprint density at radius 1 is 1.00 bits per heavy atom. The highest BCUT2D eigenvalue weighted by Gasteiger charge is 2.54. The molecule has 0 bridgehead atoms. The minimum Gasteiger partial charge on any atom is -0.410 e. The Kier molecular flexibility index (Phi) is 3.21. The molecule has 1 saturated heterocycles. The molecule has 0 unspecified atom stereocenters. The van der Waals surface area contributed by atoms with Crippen LogP contribution in [0.5, 0.6) is 0 Å². The molecule has 3 rings (SSSR count). The molecule has 1 fully saturated rings. The minimum atomic E-state index is -1.81. The summed E-state index contributed by atoms with van der Waals surface area (Å²) in [7, 11) is 0. The highest BCUT2D eigenvalue weighted by atomic mass is 16.7. The van der Waals surface area contributed by atoms with Crippen LogP contribution < -0.4 is 0 Å². The molecule has 2 aliphatic heterocycles. The topological polar surface area (TPSA) is 72.9 Å². The Morgan fingerprint density at radius 2 is 1.62 bits per heavy atom. The minimum absolute atomic E-state index is 0.137. The van der Waals surface area contributed by atoms with E-state index >= 15 is 0 Å². The van der Waals surface area contributed by atoms with Gasteiger partial charge in [0.1, 0.15) is 0 Å². The normalized spacial score (nSPS) is 20.4. The summed E-state index contributed by atoms with van der Waals surface area (Å²) in [5, 5.41) is 0. The number of hydrogen-bond acceptors (Lipinski definition) is 5. The van der Waals surface area contributed by atoms with E-state index in [1.807, 2.05) is 30.3 Å². The van der Waals surface area contributed by atoms with Gasteiger partial charge in [0.15, 0.2) is 0 Å². The van der Waals surface area contributed by atoms with Crippen LogP contribution in [0.4, 0.5) is 0 Å². The maximum atomic E-state index is 12.5. The molecule has 108 valence electrons. The van der Waals surface area contributed by atoms with Gasteiger partial charge in [0.2, 0.25) is 0 Å². The predicted molar refractivity (Wildman–Crippen MR) is 70.5 cm³/mol. The van der Waals surface area contributed by atoms with E-state index in [9.17, 15) is 14.4 Å². The van der Waals surface area contributed by atoms with Crippen molar-refractivity contribution < 1.29 is 23.9 Å². The molecule has 6 heteroatoms. The molecule has 2 aliphatic rings. The van der Waals surface area contributed by atoms with Crippen molar-refractivity contribution >= 4 is 17.8 Å². The molecule has 0 atom stereocenters. The summed E-state index contributed by atoms with van der Waals surface area (Å²) in [6.45, 7) is 0.734. The highest BCUT2D eigenvalue weighted by molar-refractivity contribution is 5.98. The Balaban J connectivity index is 1.79. The van der Waals surface area contributed by atoms with Crippen LogP contribution in [0.1, 0.15) is 12.0 Å². The Morgan fingerprint density at radius 3 is 2.24 bits per heavy atom. The summed E-state index contributed by atoms with van der Waals surface area (Å²) in [4.78, 5) is 37.0. The van der Waals surface area contributed by atoms with E-state index in [1.54, 1.807) is 0 Å². The molecule has 21 heavy (non-hydrogen) atoms. The molecule has 6 nitrogen and oxygen atoms in total. The first-order valence-corrected chi connectivity index (χ1v) is 6.56. The smallest absolute Gasteiger partial charge is 0.338 e. The van der Waals surface area contributed by atoms with Crippen molar-refractivity contribution in [2.24, 2.45) is 0 Å². The predicted octanol–water partition coefficient (Wildman–Crippen LogP) is 0.771. The van der Waals surface area contributed by atoms with Gasteiger partial charge in [0.25, 0.3) is 0 Å². The van der Waals surface area contributed by atoms with E-state index in [0.29, 0.717) is 13.1 Å². The summed E-state index contributed by atoms with van der Waals surface area (Å²) >= 11 is 0. The molecule has 0 aromatic heterocycles. The zero-order chi connectivity index (χ0) is 14.9. The fourth-order valence-corrected chi connectivity index (χ4v) is 2.43. The van der Waals surface area contributed by atoms with Crippen molar-refractivity contribution in [3.05, 3.63) is 48.0 Å². The largest absolute Gasteiger partial charge is 0.410 e. The number of rotatable bonds is 2. The van der Waals surface area contributed by atoms with Gasteiger partial charge in [-0.1, -0.05) is 30.3 Å². The third-order valence-corrected chi connectivity index (χ3v) is 3.43. The second-order valence-electron chi connectivity index (χ2n) is 4.89. The lowest BCUT2D eigenvalue weighted by molar-refractivity contribution is -0.217. The maximum Gasteiger partial charge on any atom is 0.338 e. The number of ether oxygens (including phenoxy) is 2. The van der Waals surface area contributed by atoms with Crippen LogP contribution in [0.25, 0.3) is 0 Å². The lowest BCUT2D eigenvalue weighted by Crippen LogP contribution is -2.46. The van der Waals surface area contributed by atoms with Gasteiger partial charge in [0.05, 0.1) is 6.42 Å². The van der Waals surface area contributed by atoms with Gasteiger partial charge in [-0.15, -0.1) is 0 Å². The summed E-state index contributed by atoms with van der Waals surface area (Å²) in [6, 6.07) is 9.43. The van der Waals surface area contributed by atoms with Crippen molar-refractivity contribution in [3.8, 4) is 0 Å². The van der Waals surface area contributed by atoms with E-state index in [2.05, 4.69) is 0 Å². The fourth-order valence-electron chi connectivity index (χ4n) is 2.43. The molecule has 0 aliphatic carbocycles. The standard InChI is InChI=1S/C15H13NO5/c17-12-6-7-13(18)21-15(20-12)8-9-16(14(15)19)10-11-4-2-1-3-5-11/h1-7H,8-10H2. The van der Waals surface area contributed by atoms with Crippen molar-refractivity contribution in [2.45, 2.75) is 18.8 Å². The van der Waals surface area contributed by atoms with Gasteiger partial charge >= 0.3 is 23.6 Å². The number of amides is 1. The summed E-state index contributed by atoms with van der Waals surface area (Å²) in [6.07, 6.45) is 2.06. The molecule has 2 heterocycles. The van der Waals surface area contributed by atoms with Gasteiger partial charge < -0.3 is 14.4 Å². The van der Waals surface area contributed by atoms with E-state index in [1.165, 1.54) is 4.90 Å². The molecule has 0 N–H and O–H groups in total. The number of carbonyl (C=O) groups is 3. The van der Waals surface area contributed by atoms with E-state index < -0.39 is 23.6 Å². The number of hydrogen-bond donors (Lipinski definition) is 0. The molecule has 1 spiro atoms. The fraction of sp³-hybridized carbons (Fsp3) is 0.267. The van der Waals surface area contributed by atoms with Crippen LogP contribution in [-0.4, -0.2) is 35.1 Å². The molecular weight excluding hydrogens is 274 g/mol. The molecular formula is C15H13NO5. The van der Waals surface area contributed by atoms with Gasteiger partial charge in [-0.25, -0.2) is 9.59 Å². The molecule has 1 aromatic rings. The van der Waals surface area contributed by atoms with Crippen LogP contribution in [0.15, 0.2) is 42.5 Å². The van der Waals surface area contributed by atoms with Gasteiger partial charge in [-0.2, -0.15) is 0 Å². The van der Waals surface area contributed by atoms with Crippen molar-refractivity contribution in [3.63, 3.8) is 0 Å². The summed E-state index contributed by atoms with van der Waals surface area (Å²) in [5.41, 5.74) is 0.951. The van der Waals surface area contributed by atoms with Gasteiger partial charge in [-0.05, 0) is 5.56 Å². The third-order valence-electron chi connectivity index (χ3n) is 3.43. The number of benzene rings is 1.